The van der Waals surface area contributed by atoms with Gasteiger partial charge in [0.15, 0.2) is 12.4 Å². The van der Waals surface area contributed by atoms with Crippen LogP contribution in [0.3, 0.4) is 0 Å². The summed E-state index contributed by atoms with van der Waals surface area (Å²) in [6.45, 7) is 1.93. The number of nitrogens with zero attached hydrogens (tertiary/aromatic N) is 3. The third-order valence-electron chi connectivity index (χ3n) is 4.78. The van der Waals surface area contributed by atoms with Crippen molar-refractivity contribution in [1.29, 1.82) is 0 Å². The van der Waals surface area contributed by atoms with E-state index < -0.39 is 4.92 Å². The van der Waals surface area contributed by atoms with Crippen molar-refractivity contribution in [2.45, 2.75) is 31.8 Å². The summed E-state index contributed by atoms with van der Waals surface area (Å²) in [5.41, 5.74) is 0.656. The second-order valence-electron chi connectivity index (χ2n) is 6.69. The van der Waals surface area contributed by atoms with Crippen molar-refractivity contribution in [3.05, 3.63) is 64.5 Å². The number of hydrogen-bond acceptors (Lipinski definition) is 6. The molecule has 0 saturated carbocycles. The van der Waals surface area contributed by atoms with Crippen molar-refractivity contribution in [1.82, 2.24) is 15.2 Å². The average molecular weight is 421 g/mol. The number of hydrogen-bond donors (Lipinski definition) is 1. The van der Waals surface area contributed by atoms with Crippen LogP contribution >= 0.6 is 12.4 Å². The molecule has 1 unspecified atom stereocenters. The summed E-state index contributed by atoms with van der Waals surface area (Å²) in [5, 5.41) is 14.5. The number of aromatic nitrogens is 1. The van der Waals surface area contributed by atoms with Gasteiger partial charge in [-0.25, -0.2) is 0 Å². The quantitative estimate of drug-likeness (QED) is 0.546. The van der Waals surface area contributed by atoms with Gasteiger partial charge in [-0.15, -0.1) is 12.4 Å². The van der Waals surface area contributed by atoms with E-state index in [9.17, 15) is 14.9 Å². The van der Waals surface area contributed by atoms with Gasteiger partial charge in [0.1, 0.15) is 0 Å². The lowest BCUT2D eigenvalue weighted by atomic mass is 10.1. The van der Waals surface area contributed by atoms with Crippen LogP contribution in [-0.4, -0.2) is 46.5 Å². The van der Waals surface area contributed by atoms with E-state index in [-0.39, 0.29) is 42.4 Å². The number of rotatable bonds is 7. The molecule has 0 radical (unpaired) electrons. The molecule has 3 rings (SSSR count). The molecule has 1 saturated heterocycles. The predicted octanol–water partition coefficient (Wildman–Crippen LogP) is 2.96. The highest BCUT2D eigenvalue weighted by Gasteiger charge is 2.26. The molecule has 1 amide bonds. The average Bonchev–Trinajstić information content (AvgIpc) is 3.00. The molecule has 0 aliphatic carbocycles. The number of carbonyl (C=O) groups excluding carboxylic acids is 1. The van der Waals surface area contributed by atoms with E-state index in [0.29, 0.717) is 6.54 Å². The van der Waals surface area contributed by atoms with Crippen molar-refractivity contribution >= 4 is 24.0 Å². The van der Waals surface area contributed by atoms with E-state index in [1.165, 1.54) is 12.1 Å². The Balaban J connectivity index is 0.00000300. The molecule has 1 aromatic carbocycles. The minimum atomic E-state index is -0.511. The first-order chi connectivity index (χ1) is 13.6. The van der Waals surface area contributed by atoms with Gasteiger partial charge in [-0.3, -0.25) is 19.9 Å². The Labute approximate surface area is 175 Å². The lowest BCUT2D eigenvalue weighted by Crippen LogP contribution is -2.43. The van der Waals surface area contributed by atoms with Crippen LogP contribution in [0.5, 0.6) is 5.75 Å². The van der Waals surface area contributed by atoms with Crippen LogP contribution in [0.1, 0.15) is 25.0 Å². The maximum atomic E-state index is 13.0. The molecular weight excluding hydrogens is 396 g/mol. The van der Waals surface area contributed by atoms with E-state index in [4.69, 9.17) is 4.74 Å². The van der Waals surface area contributed by atoms with Crippen molar-refractivity contribution in [2.75, 3.05) is 19.7 Å². The van der Waals surface area contributed by atoms with Crippen LogP contribution in [0, 0.1) is 10.1 Å². The zero-order valence-electron chi connectivity index (χ0n) is 16.0. The second-order valence-corrected chi connectivity index (χ2v) is 6.69. The first kappa shape index (κ1) is 22.6. The van der Waals surface area contributed by atoms with Crippen LogP contribution < -0.4 is 10.1 Å². The first-order valence-corrected chi connectivity index (χ1v) is 9.41. The Hall–Kier alpha value is -2.71. The van der Waals surface area contributed by atoms with Crippen LogP contribution in [0.2, 0.25) is 0 Å². The molecule has 1 atom stereocenters. The molecule has 29 heavy (non-hydrogen) atoms. The molecule has 2 heterocycles. The fourth-order valence-electron chi connectivity index (χ4n) is 3.35. The highest BCUT2D eigenvalue weighted by molar-refractivity contribution is 5.85. The van der Waals surface area contributed by atoms with Gasteiger partial charge in [-0.2, -0.15) is 0 Å². The number of para-hydroxylation sites is 2. The third kappa shape index (κ3) is 6.40. The van der Waals surface area contributed by atoms with Gasteiger partial charge in [-0.05, 0) is 50.6 Å². The standard InChI is InChI=1S/C20H24N4O4.ClH/c25-20(15-28-19-9-2-1-8-18(19)24(26)27)23(14-16-6-3-4-12-22-16)17-7-5-11-21-13-10-17;/h1-4,6,8-9,12,17,21H,5,7,10-11,13-15H2;1H. The van der Waals surface area contributed by atoms with Crippen molar-refractivity contribution in [2.24, 2.45) is 0 Å². The Morgan fingerprint density at radius 3 is 2.76 bits per heavy atom. The fraction of sp³-hybridized carbons (Fsp3) is 0.400. The molecule has 1 aliphatic rings. The van der Waals surface area contributed by atoms with Crippen molar-refractivity contribution < 1.29 is 14.5 Å². The maximum Gasteiger partial charge on any atom is 0.310 e. The minimum absolute atomic E-state index is 0. The molecule has 0 spiro atoms. The van der Waals surface area contributed by atoms with Gasteiger partial charge >= 0.3 is 5.69 Å². The molecule has 1 N–H and O–H groups in total. The van der Waals surface area contributed by atoms with Gasteiger partial charge in [0, 0.05) is 18.3 Å². The highest BCUT2D eigenvalue weighted by Crippen LogP contribution is 2.26. The zero-order chi connectivity index (χ0) is 19.8. The van der Waals surface area contributed by atoms with Gasteiger partial charge in [0.25, 0.3) is 5.91 Å². The summed E-state index contributed by atoms with van der Waals surface area (Å²) in [7, 11) is 0. The van der Waals surface area contributed by atoms with Crippen LogP contribution in [0.4, 0.5) is 5.69 Å². The number of nitro groups is 1. The topological polar surface area (TPSA) is 97.6 Å². The smallest absolute Gasteiger partial charge is 0.310 e. The number of amides is 1. The van der Waals surface area contributed by atoms with Crippen LogP contribution in [0.15, 0.2) is 48.7 Å². The lowest BCUT2D eigenvalue weighted by molar-refractivity contribution is -0.385. The number of pyridine rings is 1. The molecular formula is C20H25ClN4O4. The number of ether oxygens (including phenoxy) is 1. The normalized spacial score (nSPS) is 16.2. The molecule has 0 bridgehead atoms. The molecule has 8 nitrogen and oxygen atoms in total. The summed E-state index contributed by atoms with van der Waals surface area (Å²) < 4.78 is 5.53. The number of halogens is 1. The van der Waals surface area contributed by atoms with E-state index >= 15 is 0 Å². The van der Waals surface area contributed by atoms with E-state index in [1.54, 1.807) is 23.2 Å². The number of carbonyl (C=O) groups is 1. The molecule has 1 fully saturated rings. The summed E-state index contributed by atoms with van der Waals surface area (Å²) in [5.74, 6) is -0.100. The molecule has 2 aromatic rings. The Kier molecular flexibility index (Phi) is 8.82. The van der Waals surface area contributed by atoms with Crippen LogP contribution in [0.25, 0.3) is 0 Å². The van der Waals surface area contributed by atoms with Gasteiger partial charge < -0.3 is 15.0 Å². The summed E-state index contributed by atoms with van der Waals surface area (Å²) in [4.78, 5) is 29.8. The van der Waals surface area contributed by atoms with E-state index in [0.717, 1.165) is 38.0 Å². The van der Waals surface area contributed by atoms with Crippen LogP contribution in [-0.2, 0) is 11.3 Å². The minimum Gasteiger partial charge on any atom is -0.477 e. The summed E-state index contributed by atoms with van der Waals surface area (Å²) in [6, 6.07) is 11.8. The second kappa shape index (κ2) is 11.3. The fourth-order valence-corrected chi connectivity index (χ4v) is 3.35. The Bertz CT molecular complexity index is 798. The molecule has 9 heteroatoms. The number of nitrogens with one attached hydrogen (secondary N) is 1. The predicted molar refractivity (Wildman–Crippen MR) is 111 cm³/mol. The maximum absolute atomic E-state index is 13.0. The van der Waals surface area contributed by atoms with E-state index in [1.807, 2.05) is 18.2 Å². The summed E-state index contributed by atoms with van der Waals surface area (Å²) >= 11 is 0. The van der Waals surface area contributed by atoms with E-state index in [2.05, 4.69) is 10.3 Å². The lowest BCUT2D eigenvalue weighted by Gasteiger charge is -2.31. The van der Waals surface area contributed by atoms with Gasteiger partial charge in [-0.1, -0.05) is 18.2 Å². The summed E-state index contributed by atoms with van der Waals surface area (Å²) in [6.07, 6.45) is 4.44. The third-order valence-corrected chi connectivity index (χ3v) is 4.78. The number of benzene rings is 1. The SMILES string of the molecule is Cl.O=C(COc1ccccc1[N+](=O)[O-])N(Cc1ccccn1)C1CCCNCC1. The number of nitro benzene ring substituents is 1. The van der Waals surface area contributed by atoms with Crippen molar-refractivity contribution in [3.63, 3.8) is 0 Å². The molecule has 156 valence electrons. The monoisotopic (exact) mass is 420 g/mol. The molecule has 1 aliphatic heterocycles. The molecule has 1 aromatic heterocycles. The first-order valence-electron chi connectivity index (χ1n) is 9.41. The Morgan fingerprint density at radius 2 is 2.00 bits per heavy atom. The van der Waals surface area contributed by atoms with Gasteiger partial charge in [0.05, 0.1) is 17.2 Å². The van der Waals surface area contributed by atoms with Crippen molar-refractivity contribution in [3.8, 4) is 5.75 Å². The van der Waals surface area contributed by atoms with Gasteiger partial charge in [0.2, 0.25) is 0 Å². The Morgan fingerprint density at radius 1 is 1.21 bits per heavy atom. The largest absolute Gasteiger partial charge is 0.477 e. The zero-order valence-corrected chi connectivity index (χ0v) is 16.8. The highest BCUT2D eigenvalue weighted by atomic mass is 35.5.